The fourth-order valence-corrected chi connectivity index (χ4v) is 2.09. The second-order valence-corrected chi connectivity index (χ2v) is 4.10. The first-order chi connectivity index (χ1) is 8.26. The zero-order chi connectivity index (χ0) is 12.3. The highest BCUT2D eigenvalue weighted by Gasteiger charge is 2.16. The molecular weight excluding hydrogens is 212 g/mol. The van der Waals surface area contributed by atoms with Crippen LogP contribution in [0.1, 0.15) is 29.7 Å². The highest BCUT2D eigenvalue weighted by molar-refractivity contribution is 5.35. The van der Waals surface area contributed by atoms with Crippen molar-refractivity contribution in [2.45, 2.75) is 19.4 Å². The van der Waals surface area contributed by atoms with Gasteiger partial charge >= 0.3 is 0 Å². The Morgan fingerprint density at radius 3 is 2.76 bits per heavy atom. The molecule has 1 heterocycles. The summed E-state index contributed by atoms with van der Waals surface area (Å²) in [6.45, 7) is 2.15. The van der Waals surface area contributed by atoms with Crippen molar-refractivity contribution in [2.75, 3.05) is 0 Å². The highest BCUT2D eigenvalue weighted by Crippen LogP contribution is 2.24. The number of rotatable bonds is 4. The van der Waals surface area contributed by atoms with Crippen LogP contribution >= 0.6 is 0 Å². The van der Waals surface area contributed by atoms with Crippen LogP contribution in [0.5, 0.6) is 0 Å². The monoisotopic (exact) mass is 230 g/mol. The number of aromatic nitrogens is 2. The van der Waals surface area contributed by atoms with Crippen LogP contribution in [0.2, 0.25) is 0 Å². The van der Waals surface area contributed by atoms with Gasteiger partial charge in [-0.25, -0.2) is 5.43 Å². The summed E-state index contributed by atoms with van der Waals surface area (Å²) < 4.78 is 1.79. The molecule has 0 spiro atoms. The summed E-state index contributed by atoms with van der Waals surface area (Å²) in [6.07, 6.45) is 4.82. The number of hydrogen-bond donors (Lipinski definition) is 2. The summed E-state index contributed by atoms with van der Waals surface area (Å²) in [5.41, 5.74) is 6.47. The molecule has 17 heavy (non-hydrogen) atoms. The van der Waals surface area contributed by atoms with E-state index < -0.39 is 0 Å². The van der Waals surface area contributed by atoms with Crippen molar-refractivity contribution in [1.82, 2.24) is 15.2 Å². The zero-order valence-corrected chi connectivity index (χ0v) is 10.2. The highest BCUT2D eigenvalue weighted by atomic mass is 15.3. The molecule has 1 aromatic heterocycles. The van der Waals surface area contributed by atoms with E-state index in [2.05, 4.69) is 35.6 Å². The minimum atomic E-state index is -0.000139. The van der Waals surface area contributed by atoms with Crippen LogP contribution in [0, 0.1) is 0 Å². The van der Waals surface area contributed by atoms with Gasteiger partial charge in [-0.1, -0.05) is 31.2 Å². The van der Waals surface area contributed by atoms with Crippen LogP contribution in [-0.4, -0.2) is 9.78 Å². The first-order valence-electron chi connectivity index (χ1n) is 5.78. The van der Waals surface area contributed by atoms with E-state index in [1.54, 1.807) is 4.68 Å². The van der Waals surface area contributed by atoms with E-state index >= 15 is 0 Å². The van der Waals surface area contributed by atoms with Gasteiger partial charge in [0.2, 0.25) is 0 Å². The van der Waals surface area contributed by atoms with Gasteiger partial charge in [0.1, 0.15) is 0 Å². The standard InChI is InChI=1S/C13H18N4/c1-3-10-6-4-5-7-12(10)13(16-14)11-8-15-17(2)9-11/h4-9,13,16H,3,14H2,1-2H3. The molecule has 0 amide bonds. The number of nitrogens with zero attached hydrogens (tertiary/aromatic N) is 2. The van der Waals surface area contributed by atoms with Crippen molar-refractivity contribution >= 4 is 0 Å². The molecule has 0 aliphatic carbocycles. The largest absolute Gasteiger partial charge is 0.275 e. The quantitative estimate of drug-likeness (QED) is 0.618. The molecule has 90 valence electrons. The van der Waals surface area contributed by atoms with Gasteiger partial charge in [0.25, 0.3) is 0 Å². The van der Waals surface area contributed by atoms with E-state index in [-0.39, 0.29) is 6.04 Å². The summed E-state index contributed by atoms with van der Waals surface area (Å²) in [6, 6.07) is 8.33. The van der Waals surface area contributed by atoms with Gasteiger partial charge in [-0.15, -0.1) is 0 Å². The average Bonchev–Trinajstić information content (AvgIpc) is 2.77. The van der Waals surface area contributed by atoms with E-state index in [4.69, 9.17) is 5.84 Å². The third-order valence-corrected chi connectivity index (χ3v) is 2.97. The molecule has 2 aromatic rings. The topological polar surface area (TPSA) is 55.9 Å². The smallest absolute Gasteiger partial charge is 0.0743 e. The van der Waals surface area contributed by atoms with Gasteiger partial charge in [0.15, 0.2) is 0 Å². The van der Waals surface area contributed by atoms with E-state index in [1.807, 2.05) is 25.5 Å². The van der Waals surface area contributed by atoms with Crippen LogP contribution in [0.15, 0.2) is 36.7 Å². The fraction of sp³-hybridized carbons (Fsp3) is 0.308. The Bertz CT molecular complexity index is 490. The molecule has 0 aliphatic rings. The summed E-state index contributed by atoms with van der Waals surface area (Å²) in [5.74, 6) is 5.68. The number of nitrogens with one attached hydrogen (secondary N) is 1. The summed E-state index contributed by atoms with van der Waals surface area (Å²) in [4.78, 5) is 0. The maximum absolute atomic E-state index is 5.68. The lowest BCUT2D eigenvalue weighted by atomic mass is 9.95. The Kier molecular flexibility index (Phi) is 3.56. The number of hydrazine groups is 1. The molecule has 0 bridgehead atoms. The summed E-state index contributed by atoms with van der Waals surface area (Å²) in [5, 5.41) is 4.19. The predicted molar refractivity (Wildman–Crippen MR) is 68.2 cm³/mol. The molecular formula is C13H18N4. The van der Waals surface area contributed by atoms with Crippen LogP contribution in [-0.2, 0) is 13.5 Å². The molecule has 2 rings (SSSR count). The second-order valence-electron chi connectivity index (χ2n) is 4.10. The lowest BCUT2D eigenvalue weighted by molar-refractivity contribution is 0.630. The van der Waals surface area contributed by atoms with Gasteiger partial charge in [0, 0.05) is 18.8 Å². The Balaban J connectivity index is 2.41. The predicted octanol–water partition coefficient (Wildman–Crippen LogP) is 1.54. The Hall–Kier alpha value is -1.65. The summed E-state index contributed by atoms with van der Waals surface area (Å²) >= 11 is 0. The molecule has 1 aromatic carbocycles. The molecule has 3 N–H and O–H groups in total. The first-order valence-corrected chi connectivity index (χ1v) is 5.78. The van der Waals surface area contributed by atoms with Crippen LogP contribution in [0.4, 0.5) is 0 Å². The van der Waals surface area contributed by atoms with E-state index in [0.717, 1.165) is 12.0 Å². The summed E-state index contributed by atoms with van der Waals surface area (Å²) in [7, 11) is 1.91. The molecule has 0 aliphatic heterocycles. The Labute approximate surface area is 101 Å². The average molecular weight is 230 g/mol. The van der Waals surface area contributed by atoms with Gasteiger partial charge in [-0.2, -0.15) is 5.10 Å². The third kappa shape index (κ3) is 2.38. The first kappa shape index (κ1) is 11.8. The van der Waals surface area contributed by atoms with Crippen molar-refractivity contribution in [2.24, 2.45) is 12.9 Å². The maximum atomic E-state index is 5.68. The van der Waals surface area contributed by atoms with E-state index in [1.165, 1.54) is 11.1 Å². The maximum Gasteiger partial charge on any atom is 0.0743 e. The van der Waals surface area contributed by atoms with Gasteiger partial charge < -0.3 is 0 Å². The molecule has 1 atom stereocenters. The second kappa shape index (κ2) is 5.12. The SMILES string of the molecule is CCc1ccccc1C(NN)c1cnn(C)c1. The fourth-order valence-electron chi connectivity index (χ4n) is 2.09. The molecule has 0 fully saturated rings. The number of benzene rings is 1. The third-order valence-electron chi connectivity index (χ3n) is 2.97. The molecule has 0 radical (unpaired) electrons. The van der Waals surface area contributed by atoms with Crippen LogP contribution in [0.3, 0.4) is 0 Å². The number of aryl methyl sites for hydroxylation is 2. The number of hydrogen-bond acceptors (Lipinski definition) is 3. The molecule has 0 saturated carbocycles. The van der Waals surface area contributed by atoms with Crippen molar-refractivity contribution in [3.05, 3.63) is 53.3 Å². The zero-order valence-electron chi connectivity index (χ0n) is 10.2. The normalized spacial score (nSPS) is 12.6. The Morgan fingerprint density at radius 1 is 1.41 bits per heavy atom. The Morgan fingerprint density at radius 2 is 2.18 bits per heavy atom. The molecule has 4 heteroatoms. The van der Waals surface area contributed by atoms with E-state index in [9.17, 15) is 0 Å². The van der Waals surface area contributed by atoms with Crippen molar-refractivity contribution in [3.8, 4) is 0 Å². The lowest BCUT2D eigenvalue weighted by Crippen LogP contribution is -2.29. The van der Waals surface area contributed by atoms with Crippen LogP contribution < -0.4 is 11.3 Å². The molecule has 0 saturated heterocycles. The van der Waals surface area contributed by atoms with Crippen LogP contribution in [0.25, 0.3) is 0 Å². The van der Waals surface area contributed by atoms with Crippen molar-refractivity contribution in [3.63, 3.8) is 0 Å². The van der Waals surface area contributed by atoms with Gasteiger partial charge in [-0.05, 0) is 17.5 Å². The van der Waals surface area contributed by atoms with E-state index in [0.29, 0.717) is 0 Å². The minimum Gasteiger partial charge on any atom is -0.275 e. The molecule has 1 unspecified atom stereocenters. The lowest BCUT2D eigenvalue weighted by Gasteiger charge is -2.18. The van der Waals surface area contributed by atoms with Gasteiger partial charge in [0.05, 0.1) is 12.2 Å². The minimum absolute atomic E-state index is 0.000139. The molecule has 4 nitrogen and oxygen atoms in total. The van der Waals surface area contributed by atoms with Gasteiger partial charge in [-0.3, -0.25) is 10.5 Å². The van der Waals surface area contributed by atoms with Crippen molar-refractivity contribution in [1.29, 1.82) is 0 Å². The number of nitrogens with two attached hydrogens (primary N) is 1. The van der Waals surface area contributed by atoms with Crippen molar-refractivity contribution < 1.29 is 0 Å².